The summed E-state index contributed by atoms with van der Waals surface area (Å²) >= 11 is 0. The summed E-state index contributed by atoms with van der Waals surface area (Å²) in [5.74, 6) is 2.14. The molecule has 0 saturated carbocycles. The summed E-state index contributed by atoms with van der Waals surface area (Å²) in [7, 11) is 0. The van der Waals surface area contributed by atoms with Crippen LogP contribution in [0.5, 0.6) is 0 Å². The number of hydrogen-bond donors (Lipinski definition) is 3. The van der Waals surface area contributed by atoms with Crippen LogP contribution in [-0.2, 0) is 10.7 Å². The Bertz CT molecular complexity index is 710. The number of carbonyl (C=O) groups excluding carboxylic acids is 1. The minimum absolute atomic E-state index is 0.0171. The maximum Gasteiger partial charge on any atom is 0.302 e. The third-order valence-corrected chi connectivity index (χ3v) is 5.17. The zero-order valence-corrected chi connectivity index (χ0v) is 16.5. The minimum atomic E-state index is -3.39. The van der Waals surface area contributed by atoms with Crippen LogP contribution >= 0.6 is 0 Å². The van der Waals surface area contributed by atoms with E-state index in [1.165, 1.54) is 30.3 Å². The van der Waals surface area contributed by atoms with E-state index in [2.05, 4.69) is 5.10 Å². The van der Waals surface area contributed by atoms with Crippen molar-refractivity contribution in [2.24, 2.45) is 16.7 Å². The van der Waals surface area contributed by atoms with Crippen molar-refractivity contribution in [3.63, 3.8) is 0 Å². The molecule has 0 radical (unpaired) electrons. The number of rotatable bonds is 11. The molecule has 1 aliphatic heterocycles. The van der Waals surface area contributed by atoms with Gasteiger partial charge in [0.2, 0.25) is 5.91 Å². The van der Waals surface area contributed by atoms with Crippen LogP contribution in [0.15, 0.2) is 47.6 Å². The number of hydrazone groups is 1. The first-order valence-corrected chi connectivity index (χ1v) is 9.97. The largest absolute Gasteiger partial charge is 0.386 e. The molecule has 0 spiro atoms. The second-order valence-corrected chi connectivity index (χ2v) is 7.30. The summed E-state index contributed by atoms with van der Waals surface area (Å²) < 4.78 is 28.8. The second-order valence-electron chi connectivity index (χ2n) is 7.30. The molecule has 29 heavy (non-hydrogen) atoms. The predicted molar refractivity (Wildman–Crippen MR) is 109 cm³/mol. The summed E-state index contributed by atoms with van der Waals surface area (Å²) in [5.41, 5.74) is 5.30. The number of benzene rings is 1. The van der Waals surface area contributed by atoms with Crippen molar-refractivity contribution in [1.29, 1.82) is 0 Å². The van der Waals surface area contributed by atoms with Crippen molar-refractivity contribution in [3.8, 4) is 0 Å². The number of alkyl halides is 2. The molecule has 5 N–H and O–H groups in total. The van der Waals surface area contributed by atoms with E-state index in [9.17, 15) is 18.7 Å². The molecule has 1 fully saturated rings. The molecule has 1 heterocycles. The molecule has 6 nitrogen and oxygen atoms in total. The molecule has 1 aromatic rings. The molecule has 1 aromatic carbocycles. The SMILES string of the molecule is NN=C(N)CCCCCCN1C(=O)CCC1C=CC(O)C(F)(F)c1ccccc1. The van der Waals surface area contributed by atoms with E-state index >= 15 is 0 Å². The number of amidine groups is 1. The fourth-order valence-electron chi connectivity index (χ4n) is 3.44. The van der Waals surface area contributed by atoms with Gasteiger partial charge in [-0.3, -0.25) is 4.79 Å². The molecular formula is C21H30F2N4O2. The molecule has 160 valence electrons. The summed E-state index contributed by atoms with van der Waals surface area (Å²) in [6.07, 6.45) is 5.88. The smallest absolute Gasteiger partial charge is 0.302 e. The normalized spacial score (nSPS) is 19.3. The van der Waals surface area contributed by atoms with Gasteiger partial charge in [-0.2, -0.15) is 13.9 Å². The van der Waals surface area contributed by atoms with Gasteiger partial charge >= 0.3 is 5.92 Å². The average Bonchev–Trinajstić information content (AvgIpc) is 3.08. The maximum absolute atomic E-state index is 14.4. The number of aliphatic hydroxyl groups excluding tert-OH is 1. The van der Waals surface area contributed by atoms with Crippen molar-refractivity contribution in [2.45, 2.75) is 63.0 Å². The van der Waals surface area contributed by atoms with Crippen LogP contribution in [0.25, 0.3) is 0 Å². The van der Waals surface area contributed by atoms with Crippen molar-refractivity contribution >= 4 is 11.7 Å². The van der Waals surface area contributed by atoms with E-state index in [-0.39, 0.29) is 17.5 Å². The molecule has 2 rings (SSSR count). The van der Waals surface area contributed by atoms with Gasteiger partial charge in [0, 0.05) is 24.9 Å². The molecule has 0 aromatic heterocycles. The zero-order valence-electron chi connectivity index (χ0n) is 16.5. The Morgan fingerprint density at radius 3 is 2.66 bits per heavy atom. The first-order valence-electron chi connectivity index (χ1n) is 9.97. The van der Waals surface area contributed by atoms with E-state index in [1.807, 2.05) is 0 Å². The van der Waals surface area contributed by atoms with E-state index in [0.29, 0.717) is 31.6 Å². The van der Waals surface area contributed by atoms with Crippen molar-refractivity contribution in [3.05, 3.63) is 48.0 Å². The molecule has 1 saturated heterocycles. The Kier molecular flexibility index (Phi) is 8.57. The lowest BCUT2D eigenvalue weighted by atomic mass is 10.0. The van der Waals surface area contributed by atoms with Gasteiger partial charge in [-0.15, -0.1) is 0 Å². The van der Waals surface area contributed by atoms with Crippen LogP contribution in [0.2, 0.25) is 0 Å². The summed E-state index contributed by atoms with van der Waals surface area (Å²) in [6, 6.07) is 6.97. The van der Waals surface area contributed by atoms with Gasteiger partial charge in [0.05, 0.1) is 6.04 Å². The molecule has 1 amide bonds. The highest BCUT2D eigenvalue weighted by atomic mass is 19.3. The van der Waals surface area contributed by atoms with Crippen molar-refractivity contribution in [1.82, 2.24) is 4.90 Å². The minimum Gasteiger partial charge on any atom is -0.386 e. The van der Waals surface area contributed by atoms with Crippen LogP contribution in [0.3, 0.4) is 0 Å². The standard InChI is InChI=1S/C21H30F2N4O2/c22-21(23,16-8-4-3-5-9-16)18(28)13-11-17-12-14-20(29)27(17)15-7-2-1-6-10-19(24)26-25/h3-5,8-9,11,13,17-18,28H,1-2,6-7,10,12,14-15,25H2,(H2,24,26). The molecule has 8 heteroatoms. The first kappa shape index (κ1) is 22.8. The van der Waals surface area contributed by atoms with Gasteiger partial charge in [-0.25, -0.2) is 0 Å². The number of likely N-dealkylation sites (tertiary alicyclic amines) is 1. The van der Waals surface area contributed by atoms with Crippen molar-refractivity contribution in [2.75, 3.05) is 6.54 Å². The van der Waals surface area contributed by atoms with Gasteiger partial charge in [-0.05, 0) is 19.3 Å². The highest BCUT2D eigenvalue weighted by molar-refractivity contribution is 5.80. The van der Waals surface area contributed by atoms with Crippen LogP contribution in [0.1, 0.15) is 50.5 Å². The Morgan fingerprint density at radius 1 is 1.28 bits per heavy atom. The fourth-order valence-corrected chi connectivity index (χ4v) is 3.44. The molecular weight excluding hydrogens is 378 g/mol. The van der Waals surface area contributed by atoms with Gasteiger partial charge in [0.25, 0.3) is 0 Å². The molecule has 0 aliphatic carbocycles. The number of aliphatic hydroxyl groups is 1. The van der Waals surface area contributed by atoms with Gasteiger partial charge in [-0.1, -0.05) is 55.3 Å². The summed E-state index contributed by atoms with van der Waals surface area (Å²) in [4.78, 5) is 13.8. The summed E-state index contributed by atoms with van der Waals surface area (Å²) in [5, 5.41) is 13.4. The van der Waals surface area contributed by atoms with Crippen LogP contribution in [0, 0.1) is 0 Å². The van der Waals surface area contributed by atoms with E-state index < -0.39 is 12.0 Å². The Labute approximate surface area is 170 Å². The molecule has 2 unspecified atom stereocenters. The monoisotopic (exact) mass is 408 g/mol. The number of amides is 1. The molecule has 2 atom stereocenters. The van der Waals surface area contributed by atoms with Crippen molar-refractivity contribution < 1.29 is 18.7 Å². The molecule has 1 aliphatic rings. The third kappa shape index (κ3) is 6.52. The van der Waals surface area contributed by atoms with E-state index in [1.54, 1.807) is 11.0 Å². The first-order chi connectivity index (χ1) is 13.9. The van der Waals surface area contributed by atoms with Crippen LogP contribution in [-0.4, -0.2) is 40.4 Å². The number of halogens is 2. The number of nitrogens with zero attached hydrogens (tertiary/aromatic N) is 2. The number of hydrogen-bond acceptors (Lipinski definition) is 4. The highest BCUT2D eigenvalue weighted by Gasteiger charge is 2.39. The topological polar surface area (TPSA) is 105 Å². The number of carbonyl (C=O) groups is 1. The number of unbranched alkanes of at least 4 members (excludes halogenated alkanes) is 3. The lowest BCUT2D eigenvalue weighted by Crippen LogP contribution is -2.34. The quantitative estimate of drug-likeness (QED) is 0.131. The summed E-state index contributed by atoms with van der Waals surface area (Å²) in [6.45, 7) is 0.569. The third-order valence-electron chi connectivity index (χ3n) is 5.17. The number of nitrogens with two attached hydrogens (primary N) is 2. The van der Waals surface area contributed by atoms with Crippen LogP contribution in [0.4, 0.5) is 8.78 Å². The maximum atomic E-state index is 14.4. The Hall–Kier alpha value is -2.48. The highest BCUT2D eigenvalue weighted by Crippen LogP contribution is 2.32. The molecule has 0 bridgehead atoms. The lowest BCUT2D eigenvalue weighted by molar-refractivity contribution is -0.128. The van der Waals surface area contributed by atoms with Gasteiger partial charge in [0.15, 0.2) is 0 Å². The van der Waals surface area contributed by atoms with Crippen LogP contribution < -0.4 is 11.6 Å². The predicted octanol–water partition coefficient (Wildman–Crippen LogP) is 2.87. The van der Waals surface area contributed by atoms with Gasteiger partial charge < -0.3 is 21.6 Å². The zero-order chi connectivity index (χ0) is 21.3. The Morgan fingerprint density at radius 2 is 1.97 bits per heavy atom. The fraction of sp³-hybridized carbons (Fsp3) is 0.524. The van der Waals surface area contributed by atoms with E-state index in [0.717, 1.165) is 31.8 Å². The average molecular weight is 408 g/mol. The van der Waals surface area contributed by atoms with Gasteiger partial charge in [0.1, 0.15) is 11.9 Å². The second kappa shape index (κ2) is 10.9. The van der Waals surface area contributed by atoms with E-state index in [4.69, 9.17) is 11.6 Å². The lowest BCUT2D eigenvalue weighted by Gasteiger charge is -2.24. The Balaban J connectivity index is 1.84.